The average Bonchev–Trinajstić information content (AvgIpc) is 2.74. The molecule has 0 bridgehead atoms. The normalized spacial score (nSPS) is 15.5. The fourth-order valence-electron chi connectivity index (χ4n) is 2.22. The number of nitro groups is 1. The van der Waals surface area contributed by atoms with Crippen LogP contribution in [0, 0.1) is 10.1 Å². The first-order valence-corrected chi connectivity index (χ1v) is 6.82. The van der Waals surface area contributed by atoms with E-state index < -0.39 is 4.92 Å². The maximum atomic E-state index is 12.0. The molecule has 0 aromatic heterocycles. The SMILES string of the molecule is O=C(COc1ccc([N+](=O)[O-])cc1)N1CCCCCC1. The molecule has 0 aliphatic carbocycles. The highest BCUT2D eigenvalue weighted by molar-refractivity contribution is 5.77. The van der Waals surface area contributed by atoms with Crippen molar-refractivity contribution < 1.29 is 14.5 Å². The standard InChI is InChI=1S/C14H18N2O4/c17-14(15-9-3-1-2-4-10-15)11-20-13-7-5-12(6-8-13)16(18)19/h5-8H,1-4,9-11H2. The first kappa shape index (κ1) is 14.3. The van der Waals surface area contributed by atoms with Crippen LogP contribution in [-0.2, 0) is 4.79 Å². The Balaban J connectivity index is 1.84. The molecule has 1 saturated heterocycles. The third kappa shape index (κ3) is 3.94. The molecule has 1 amide bonds. The molecule has 1 aromatic rings. The third-order valence-electron chi connectivity index (χ3n) is 3.37. The Hall–Kier alpha value is -2.11. The van der Waals surface area contributed by atoms with Crippen molar-refractivity contribution in [2.75, 3.05) is 19.7 Å². The number of benzene rings is 1. The number of hydrogen-bond acceptors (Lipinski definition) is 4. The molecule has 0 unspecified atom stereocenters. The summed E-state index contributed by atoms with van der Waals surface area (Å²) >= 11 is 0. The number of carbonyl (C=O) groups is 1. The number of amides is 1. The average molecular weight is 278 g/mol. The Bertz CT molecular complexity index is 465. The minimum Gasteiger partial charge on any atom is -0.484 e. The first-order chi connectivity index (χ1) is 9.66. The summed E-state index contributed by atoms with van der Waals surface area (Å²) in [7, 11) is 0. The zero-order valence-electron chi connectivity index (χ0n) is 11.3. The molecule has 6 heteroatoms. The largest absolute Gasteiger partial charge is 0.484 e. The molecule has 0 radical (unpaired) electrons. The van der Waals surface area contributed by atoms with E-state index in [1.165, 1.54) is 37.1 Å². The van der Waals surface area contributed by atoms with Crippen LogP contribution in [0.5, 0.6) is 5.75 Å². The summed E-state index contributed by atoms with van der Waals surface area (Å²) in [5.74, 6) is 0.448. The van der Waals surface area contributed by atoms with Crippen molar-refractivity contribution in [2.24, 2.45) is 0 Å². The highest BCUT2D eigenvalue weighted by Crippen LogP contribution is 2.17. The van der Waals surface area contributed by atoms with Gasteiger partial charge in [-0.3, -0.25) is 14.9 Å². The Labute approximate surface area is 117 Å². The van der Waals surface area contributed by atoms with E-state index in [0.29, 0.717) is 5.75 Å². The maximum Gasteiger partial charge on any atom is 0.269 e. The molecular formula is C14H18N2O4. The van der Waals surface area contributed by atoms with Crippen LogP contribution in [0.3, 0.4) is 0 Å². The zero-order valence-corrected chi connectivity index (χ0v) is 11.3. The van der Waals surface area contributed by atoms with Crippen LogP contribution in [-0.4, -0.2) is 35.4 Å². The molecule has 1 aromatic carbocycles. The molecule has 6 nitrogen and oxygen atoms in total. The lowest BCUT2D eigenvalue weighted by Crippen LogP contribution is -2.35. The molecule has 20 heavy (non-hydrogen) atoms. The molecule has 1 fully saturated rings. The van der Waals surface area contributed by atoms with Crippen LogP contribution in [0.15, 0.2) is 24.3 Å². The van der Waals surface area contributed by atoms with Crippen LogP contribution < -0.4 is 4.74 Å². The van der Waals surface area contributed by atoms with Crippen LogP contribution in [0.2, 0.25) is 0 Å². The van der Waals surface area contributed by atoms with Crippen LogP contribution in [0.25, 0.3) is 0 Å². The van der Waals surface area contributed by atoms with Crippen molar-refractivity contribution >= 4 is 11.6 Å². The highest BCUT2D eigenvalue weighted by Gasteiger charge is 2.16. The summed E-state index contributed by atoms with van der Waals surface area (Å²) in [6.45, 7) is 1.57. The van der Waals surface area contributed by atoms with E-state index in [2.05, 4.69) is 0 Å². The van der Waals surface area contributed by atoms with E-state index in [9.17, 15) is 14.9 Å². The number of non-ortho nitro benzene ring substituents is 1. The van der Waals surface area contributed by atoms with Gasteiger partial charge in [-0.15, -0.1) is 0 Å². The molecule has 0 N–H and O–H groups in total. The lowest BCUT2D eigenvalue weighted by Gasteiger charge is -2.20. The van der Waals surface area contributed by atoms with Gasteiger partial charge < -0.3 is 9.64 Å². The van der Waals surface area contributed by atoms with E-state index in [1.807, 2.05) is 4.90 Å². The topological polar surface area (TPSA) is 72.7 Å². The second-order valence-corrected chi connectivity index (χ2v) is 4.83. The van der Waals surface area contributed by atoms with Crippen molar-refractivity contribution in [1.82, 2.24) is 4.90 Å². The van der Waals surface area contributed by atoms with E-state index in [4.69, 9.17) is 4.74 Å². The number of likely N-dealkylation sites (tertiary alicyclic amines) is 1. The van der Waals surface area contributed by atoms with Crippen LogP contribution >= 0.6 is 0 Å². The molecular weight excluding hydrogens is 260 g/mol. The lowest BCUT2D eigenvalue weighted by molar-refractivity contribution is -0.384. The maximum absolute atomic E-state index is 12.0. The molecule has 2 rings (SSSR count). The molecule has 0 atom stereocenters. The number of hydrogen-bond donors (Lipinski definition) is 0. The van der Waals surface area contributed by atoms with E-state index in [-0.39, 0.29) is 18.2 Å². The second-order valence-electron chi connectivity index (χ2n) is 4.83. The smallest absolute Gasteiger partial charge is 0.269 e. The van der Waals surface area contributed by atoms with Gasteiger partial charge in [0, 0.05) is 25.2 Å². The molecule has 108 valence electrons. The summed E-state index contributed by atoms with van der Waals surface area (Å²) in [5, 5.41) is 10.5. The number of rotatable bonds is 4. The van der Waals surface area contributed by atoms with E-state index >= 15 is 0 Å². The van der Waals surface area contributed by atoms with Crippen molar-refractivity contribution in [3.8, 4) is 5.75 Å². The van der Waals surface area contributed by atoms with Crippen molar-refractivity contribution in [2.45, 2.75) is 25.7 Å². The quantitative estimate of drug-likeness (QED) is 0.626. The van der Waals surface area contributed by atoms with Gasteiger partial charge in [-0.05, 0) is 25.0 Å². The van der Waals surface area contributed by atoms with Gasteiger partial charge in [-0.2, -0.15) is 0 Å². The molecule has 1 aliphatic heterocycles. The molecule has 0 spiro atoms. The number of nitrogens with zero attached hydrogens (tertiary/aromatic N) is 2. The summed E-state index contributed by atoms with van der Waals surface area (Å²) in [6.07, 6.45) is 4.44. The minimum atomic E-state index is -0.466. The van der Waals surface area contributed by atoms with Crippen LogP contribution in [0.4, 0.5) is 5.69 Å². The fourth-order valence-corrected chi connectivity index (χ4v) is 2.22. The van der Waals surface area contributed by atoms with Gasteiger partial charge >= 0.3 is 0 Å². The Morgan fingerprint density at radius 1 is 1.15 bits per heavy atom. The van der Waals surface area contributed by atoms with Gasteiger partial charge in [0.15, 0.2) is 6.61 Å². The van der Waals surface area contributed by atoms with E-state index in [0.717, 1.165) is 25.9 Å². The van der Waals surface area contributed by atoms with Crippen molar-refractivity contribution in [3.05, 3.63) is 34.4 Å². The third-order valence-corrected chi connectivity index (χ3v) is 3.37. The predicted octanol–water partition coefficient (Wildman–Crippen LogP) is 2.38. The van der Waals surface area contributed by atoms with Gasteiger partial charge in [0.1, 0.15) is 5.75 Å². The summed E-state index contributed by atoms with van der Waals surface area (Å²) in [6, 6.07) is 5.75. The predicted molar refractivity (Wildman–Crippen MR) is 73.6 cm³/mol. The van der Waals surface area contributed by atoms with Gasteiger partial charge in [-0.1, -0.05) is 12.8 Å². The Kier molecular flexibility index (Phi) is 4.92. The number of carbonyl (C=O) groups excluding carboxylic acids is 1. The number of nitro benzene ring substituents is 1. The van der Waals surface area contributed by atoms with Gasteiger partial charge in [-0.25, -0.2) is 0 Å². The number of ether oxygens (including phenoxy) is 1. The zero-order chi connectivity index (χ0) is 14.4. The minimum absolute atomic E-state index is 0.0104. The van der Waals surface area contributed by atoms with Gasteiger partial charge in [0.25, 0.3) is 11.6 Å². The monoisotopic (exact) mass is 278 g/mol. The molecule has 0 saturated carbocycles. The molecule has 1 aliphatic rings. The summed E-state index contributed by atoms with van der Waals surface area (Å²) < 4.78 is 5.38. The Morgan fingerprint density at radius 3 is 2.30 bits per heavy atom. The Morgan fingerprint density at radius 2 is 1.75 bits per heavy atom. The first-order valence-electron chi connectivity index (χ1n) is 6.82. The second kappa shape index (κ2) is 6.88. The van der Waals surface area contributed by atoms with Gasteiger partial charge in [0.2, 0.25) is 0 Å². The summed E-state index contributed by atoms with van der Waals surface area (Å²) in [4.78, 5) is 23.9. The lowest BCUT2D eigenvalue weighted by atomic mass is 10.2. The van der Waals surface area contributed by atoms with Crippen LogP contribution in [0.1, 0.15) is 25.7 Å². The highest BCUT2D eigenvalue weighted by atomic mass is 16.6. The van der Waals surface area contributed by atoms with Crippen molar-refractivity contribution in [1.29, 1.82) is 0 Å². The molecule has 1 heterocycles. The fraction of sp³-hybridized carbons (Fsp3) is 0.500. The van der Waals surface area contributed by atoms with E-state index in [1.54, 1.807) is 0 Å². The van der Waals surface area contributed by atoms with Gasteiger partial charge in [0.05, 0.1) is 4.92 Å². The van der Waals surface area contributed by atoms with Crippen molar-refractivity contribution in [3.63, 3.8) is 0 Å². The summed E-state index contributed by atoms with van der Waals surface area (Å²) in [5.41, 5.74) is 0.0104.